The van der Waals surface area contributed by atoms with Crippen molar-refractivity contribution in [1.82, 2.24) is 10.2 Å². The molecule has 0 unspecified atom stereocenters. The maximum Gasteiger partial charge on any atom is 0.322 e. The van der Waals surface area contributed by atoms with Gasteiger partial charge in [0.25, 0.3) is 0 Å². The number of hydrogen-bond donors (Lipinski definition) is 2. The molecule has 2 rings (SSSR count). The Labute approximate surface area is 116 Å². The van der Waals surface area contributed by atoms with E-state index in [1.54, 1.807) is 13.0 Å². The molecular formula is C13H16ClN3O2. The number of urea groups is 1. The van der Waals surface area contributed by atoms with Crippen molar-refractivity contribution in [3.63, 3.8) is 0 Å². The number of nitrogens with zero attached hydrogens (tertiary/aromatic N) is 1. The minimum Gasteiger partial charge on any atom is -0.353 e. The van der Waals surface area contributed by atoms with E-state index in [4.69, 9.17) is 11.6 Å². The average molecular weight is 282 g/mol. The van der Waals surface area contributed by atoms with Crippen molar-refractivity contribution in [3.8, 4) is 0 Å². The van der Waals surface area contributed by atoms with Crippen LogP contribution in [0.2, 0.25) is 5.02 Å². The van der Waals surface area contributed by atoms with Crippen LogP contribution in [-0.4, -0.2) is 36.0 Å². The molecule has 1 aromatic rings. The zero-order chi connectivity index (χ0) is 14.0. The summed E-state index contributed by atoms with van der Waals surface area (Å²) in [7, 11) is 0. The predicted molar refractivity (Wildman–Crippen MR) is 74.4 cm³/mol. The van der Waals surface area contributed by atoms with Crippen LogP contribution in [0.5, 0.6) is 0 Å². The lowest BCUT2D eigenvalue weighted by Gasteiger charge is -2.33. The van der Waals surface area contributed by atoms with E-state index in [0.29, 0.717) is 23.8 Å². The van der Waals surface area contributed by atoms with Crippen molar-refractivity contribution in [2.45, 2.75) is 19.9 Å². The normalized spacial score (nSPS) is 19.0. The quantitative estimate of drug-likeness (QED) is 0.827. The average Bonchev–Trinajstić information content (AvgIpc) is 2.37. The third-order valence-electron chi connectivity index (χ3n) is 3.21. The summed E-state index contributed by atoms with van der Waals surface area (Å²) in [5.41, 5.74) is 1.47. The molecule has 0 saturated carbocycles. The number of aryl methyl sites for hydroxylation is 1. The van der Waals surface area contributed by atoms with Crippen LogP contribution in [0.4, 0.5) is 10.5 Å². The highest BCUT2D eigenvalue weighted by molar-refractivity contribution is 6.33. The van der Waals surface area contributed by atoms with Crippen LogP contribution < -0.4 is 10.6 Å². The van der Waals surface area contributed by atoms with Crippen molar-refractivity contribution in [1.29, 1.82) is 0 Å². The Hall–Kier alpha value is -1.75. The predicted octanol–water partition coefficient (Wildman–Crippen LogP) is 2.00. The summed E-state index contributed by atoms with van der Waals surface area (Å²) in [5.74, 6) is -0.141. The van der Waals surface area contributed by atoms with Crippen LogP contribution in [0.1, 0.15) is 12.5 Å². The van der Waals surface area contributed by atoms with Crippen molar-refractivity contribution in [2.75, 3.05) is 18.4 Å². The second kappa shape index (κ2) is 5.48. The first-order valence-electron chi connectivity index (χ1n) is 6.11. The summed E-state index contributed by atoms with van der Waals surface area (Å²) < 4.78 is 0. The van der Waals surface area contributed by atoms with Gasteiger partial charge in [0.15, 0.2) is 0 Å². The van der Waals surface area contributed by atoms with E-state index in [9.17, 15) is 9.59 Å². The first kappa shape index (κ1) is 13.7. The highest BCUT2D eigenvalue weighted by Crippen LogP contribution is 2.25. The molecule has 0 aromatic heterocycles. The standard InChI is InChI=1S/C13H16ClN3O2/c1-8-4-3-5-10(14)11(8)16-13(19)17-7-6-15-12(18)9(17)2/h3-5,9H,6-7H2,1-2H3,(H,15,18)(H,16,19)/t9-/m1/s1. The molecule has 19 heavy (non-hydrogen) atoms. The molecule has 2 N–H and O–H groups in total. The zero-order valence-electron chi connectivity index (χ0n) is 10.9. The number of carbonyl (C=O) groups is 2. The van der Waals surface area contributed by atoms with E-state index in [1.807, 2.05) is 19.1 Å². The van der Waals surface area contributed by atoms with Crippen LogP contribution in [0.3, 0.4) is 0 Å². The fourth-order valence-corrected chi connectivity index (χ4v) is 2.30. The Morgan fingerprint density at radius 1 is 1.53 bits per heavy atom. The molecule has 1 saturated heterocycles. The number of nitrogens with one attached hydrogen (secondary N) is 2. The molecular weight excluding hydrogens is 266 g/mol. The second-order valence-electron chi connectivity index (χ2n) is 4.52. The Morgan fingerprint density at radius 2 is 2.26 bits per heavy atom. The van der Waals surface area contributed by atoms with Gasteiger partial charge in [0, 0.05) is 13.1 Å². The summed E-state index contributed by atoms with van der Waals surface area (Å²) in [6.07, 6.45) is 0. The molecule has 102 valence electrons. The van der Waals surface area contributed by atoms with Gasteiger partial charge >= 0.3 is 6.03 Å². The van der Waals surface area contributed by atoms with Crippen LogP contribution in [0, 0.1) is 6.92 Å². The Morgan fingerprint density at radius 3 is 2.95 bits per heavy atom. The summed E-state index contributed by atoms with van der Waals surface area (Å²) in [4.78, 5) is 25.2. The molecule has 6 heteroatoms. The van der Waals surface area contributed by atoms with Gasteiger partial charge in [0.2, 0.25) is 5.91 Å². The van der Waals surface area contributed by atoms with Crippen molar-refractivity contribution >= 4 is 29.2 Å². The number of carbonyl (C=O) groups excluding carboxylic acids is 2. The van der Waals surface area contributed by atoms with Gasteiger partial charge in [-0.25, -0.2) is 4.79 Å². The van der Waals surface area contributed by atoms with Crippen LogP contribution in [0.25, 0.3) is 0 Å². The van der Waals surface area contributed by atoms with E-state index in [2.05, 4.69) is 10.6 Å². The molecule has 0 aliphatic carbocycles. The molecule has 1 fully saturated rings. The summed E-state index contributed by atoms with van der Waals surface area (Å²) in [6, 6.07) is 4.63. The van der Waals surface area contributed by atoms with E-state index >= 15 is 0 Å². The molecule has 1 aliphatic rings. The molecule has 1 atom stereocenters. The van der Waals surface area contributed by atoms with Gasteiger partial charge < -0.3 is 15.5 Å². The van der Waals surface area contributed by atoms with Crippen LogP contribution in [-0.2, 0) is 4.79 Å². The lowest BCUT2D eigenvalue weighted by atomic mass is 10.2. The van der Waals surface area contributed by atoms with Crippen molar-refractivity contribution in [2.24, 2.45) is 0 Å². The highest BCUT2D eigenvalue weighted by atomic mass is 35.5. The molecule has 0 spiro atoms. The third kappa shape index (κ3) is 2.81. The number of rotatable bonds is 1. The zero-order valence-corrected chi connectivity index (χ0v) is 11.6. The number of anilines is 1. The van der Waals surface area contributed by atoms with Gasteiger partial charge in [-0.1, -0.05) is 23.7 Å². The number of piperazine rings is 1. The number of para-hydroxylation sites is 1. The van der Waals surface area contributed by atoms with E-state index in [0.717, 1.165) is 5.56 Å². The Balaban J connectivity index is 2.15. The van der Waals surface area contributed by atoms with Gasteiger partial charge in [-0.15, -0.1) is 0 Å². The molecule has 1 aromatic carbocycles. The van der Waals surface area contributed by atoms with E-state index < -0.39 is 6.04 Å². The van der Waals surface area contributed by atoms with Gasteiger partial charge in [0.05, 0.1) is 10.7 Å². The summed E-state index contributed by atoms with van der Waals surface area (Å²) >= 11 is 6.07. The fourth-order valence-electron chi connectivity index (χ4n) is 2.03. The second-order valence-corrected chi connectivity index (χ2v) is 4.93. The molecule has 0 radical (unpaired) electrons. The summed E-state index contributed by atoms with van der Waals surface area (Å²) in [6.45, 7) is 4.53. The minimum absolute atomic E-state index is 0.141. The lowest BCUT2D eigenvalue weighted by Crippen LogP contribution is -2.56. The molecule has 0 bridgehead atoms. The molecule has 3 amide bonds. The van der Waals surface area contributed by atoms with Gasteiger partial charge in [-0.3, -0.25) is 4.79 Å². The topological polar surface area (TPSA) is 61.4 Å². The Kier molecular flexibility index (Phi) is 3.95. The van der Waals surface area contributed by atoms with Crippen LogP contribution in [0.15, 0.2) is 18.2 Å². The number of hydrogen-bond acceptors (Lipinski definition) is 2. The molecule has 5 nitrogen and oxygen atoms in total. The third-order valence-corrected chi connectivity index (χ3v) is 3.53. The van der Waals surface area contributed by atoms with Gasteiger partial charge in [0.1, 0.15) is 6.04 Å². The SMILES string of the molecule is Cc1cccc(Cl)c1NC(=O)N1CCNC(=O)[C@H]1C. The first-order valence-corrected chi connectivity index (χ1v) is 6.49. The van der Waals surface area contributed by atoms with Crippen molar-refractivity contribution < 1.29 is 9.59 Å². The number of halogens is 1. The minimum atomic E-state index is -0.475. The molecule has 1 heterocycles. The fraction of sp³-hybridized carbons (Fsp3) is 0.385. The van der Waals surface area contributed by atoms with Gasteiger partial charge in [-0.05, 0) is 25.5 Å². The first-order chi connectivity index (χ1) is 9.00. The highest BCUT2D eigenvalue weighted by Gasteiger charge is 2.29. The maximum atomic E-state index is 12.2. The monoisotopic (exact) mass is 281 g/mol. The Bertz CT molecular complexity index is 498. The number of amides is 3. The number of benzene rings is 1. The van der Waals surface area contributed by atoms with E-state index in [1.165, 1.54) is 4.90 Å². The summed E-state index contributed by atoms with van der Waals surface area (Å²) in [5, 5.41) is 5.98. The largest absolute Gasteiger partial charge is 0.353 e. The smallest absolute Gasteiger partial charge is 0.322 e. The maximum absolute atomic E-state index is 12.2. The van der Waals surface area contributed by atoms with Crippen LogP contribution >= 0.6 is 11.6 Å². The molecule has 1 aliphatic heterocycles. The van der Waals surface area contributed by atoms with E-state index in [-0.39, 0.29) is 11.9 Å². The van der Waals surface area contributed by atoms with Gasteiger partial charge in [-0.2, -0.15) is 0 Å². The van der Waals surface area contributed by atoms with Crippen molar-refractivity contribution in [3.05, 3.63) is 28.8 Å². The lowest BCUT2D eigenvalue weighted by molar-refractivity contribution is -0.126.